The Morgan fingerprint density at radius 2 is 1.61 bits per heavy atom. The Morgan fingerprint density at radius 1 is 1.03 bits per heavy atom. The van der Waals surface area contributed by atoms with E-state index in [9.17, 15) is 18.0 Å². The first-order valence-electron chi connectivity index (χ1n) is 12.4. The van der Waals surface area contributed by atoms with E-state index in [1.165, 1.54) is 11.3 Å². The summed E-state index contributed by atoms with van der Waals surface area (Å²) in [6.45, 7) is 5.07. The van der Waals surface area contributed by atoms with Crippen molar-refractivity contribution in [2.45, 2.75) is 71.5 Å². The van der Waals surface area contributed by atoms with Gasteiger partial charge in [-0.1, -0.05) is 61.2 Å². The van der Waals surface area contributed by atoms with Crippen molar-refractivity contribution < 1.29 is 18.0 Å². The van der Waals surface area contributed by atoms with E-state index in [1.54, 1.807) is 31.2 Å². The molecule has 0 radical (unpaired) electrons. The Hall–Kier alpha value is -2.58. The van der Waals surface area contributed by atoms with E-state index in [1.807, 2.05) is 32.0 Å². The molecule has 0 aliphatic heterocycles. The van der Waals surface area contributed by atoms with Gasteiger partial charge in [-0.05, 0) is 62.4 Å². The zero-order valence-corrected chi connectivity index (χ0v) is 23.0. The summed E-state index contributed by atoms with van der Waals surface area (Å²) in [5.41, 5.74) is 2.78. The van der Waals surface area contributed by atoms with Crippen molar-refractivity contribution in [1.29, 1.82) is 0 Å². The van der Waals surface area contributed by atoms with E-state index in [0.29, 0.717) is 10.7 Å². The van der Waals surface area contributed by atoms with Gasteiger partial charge in [0.05, 0.1) is 11.9 Å². The number of aryl methyl sites for hydroxylation is 2. The van der Waals surface area contributed by atoms with Crippen LogP contribution in [0.25, 0.3) is 0 Å². The summed E-state index contributed by atoms with van der Waals surface area (Å²) in [4.78, 5) is 28.4. The number of hydrogen-bond donors (Lipinski definition) is 1. The van der Waals surface area contributed by atoms with E-state index in [2.05, 4.69) is 5.32 Å². The summed E-state index contributed by atoms with van der Waals surface area (Å²) in [6.07, 6.45) is 6.27. The Kier molecular flexibility index (Phi) is 9.41. The number of para-hydroxylation sites is 1. The minimum atomic E-state index is -3.77. The lowest BCUT2D eigenvalue weighted by molar-refractivity contribution is -0.139. The molecule has 0 heterocycles. The third-order valence-electron chi connectivity index (χ3n) is 6.75. The van der Waals surface area contributed by atoms with Gasteiger partial charge in [-0.2, -0.15) is 0 Å². The van der Waals surface area contributed by atoms with Gasteiger partial charge in [-0.25, -0.2) is 8.42 Å². The number of rotatable bonds is 9. The summed E-state index contributed by atoms with van der Waals surface area (Å²) >= 11 is 6.03. The first-order valence-corrected chi connectivity index (χ1v) is 14.6. The number of nitrogens with one attached hydrogen (secondary N) is 1. The maximum Gasteiger partial charge on any atom is 0.244 e. The molecule has 0 saturated heterocycles. The molecule has 2 amide bonds. The number of carbonyl (C=O) groups excluding carboxylic acids is 2. The SMILES string of the molecule is Cc1cccc(C)c1N(CC(=O)N(Cc1ccc(Cl)cc1)[C@H](C)C(=O)NC1CCCCC1)S(C)(=O)=O. The first kappa shape index (κ1) is 28.0. The van der Waals surface area contributed by atoms with Crippen LogP contribution in [0.3, 0.4) is 0 Å². The highest BCUT2D eigenvalue weighted by Gasteiger charge is 2.32. The van der Waals surface area contributed by atoms with Gasteiger partial charge in [-0.15, -0.1) is 0 Å². The van der Waals surface area contributed by atoms with Crippen LogP contribution in [0.1, 0.15) is 55.7 Å². The van der Waals surface area contributed by atoms with Gasteiger partial charge in [0.1, 0.15) is 12.6 Å². The lowest BCUT2D eigenvalue weighted by Crippen LogP contribution is -2.53. The van der Waals surface area contributed by atoms with E-state index >= 15 is 0 Å². The number of sulfonamides is 1. The number of nitrogens with zero attached hydrogens (tertiary/aromatic N) is 2. The molecule has 2 aromatic carbocycles. The molecule has 36 heavy (non-hydrogen) atoms. The molecule has 0 bridgehead atoms. The molecule has 1 atom stereocenters. The van der Waals surface area contributed by atoms with Gasteiger partial charge in [0, 0.05) is 17.6 Å². The molecular formula is C27H36ClN3O4S. The predicted molar refractivity (Wildman–Crippen MR) is 145 cm³/mol. The van der Waals surface area contributed by atoms with Crippen LogP contribution in [-0.2, 0) is 26.2 Å². The van der Waals surface area contributed by atoms with Crippen molar-refractivity contribution in [2.75, 3.05) is 17.1 Å². The van der Waals surface area contributed by atoms with Crippen molar-refractivity contribution in [2.24, 2.45) is 0 Å². The molecule has 1 aliphatic rings. The molecule has 1 aliphatic carbocycles. The average Bonchev–Trinajstić information content (AvgIpc) is 2.82. The third-order valence-corrected chi connectivity index (χ3v) is 8.12. The van der Waals surface area contributed by atoms with Gasteiger partial charge < -0.3 is 10.2 Å². The zero-order chi connectivity index (χ0) is 26.5. The molecule has 1 fully saturated rings. The highest BCUT2D eigenvalue weighted by atomic mass is 35.5. The second-order valence-electron chi connectivity index (χ2n) is 9.68. The largest absolute Gasteiger partial charge is 0.352 e. The smallest absolute Gasteiger partial charge is 0.244 e. The van der Waals surface area contributed by atoms with Crippen LogP contribution in [0.2, 0.25) is 5.02 Å². The topological polar surface area (TPSA) is 86.8 Å². The van der Waals surface area contributed by atoms with Crippen LogP contribution in [-0.4, -0.2) is 50.0 Å². The monoisotopic (exact) mass is 533 g/mol. The summed E-state index contributed by atoms with van der Waals surface area (Å²) < 4.78 is 26.8. The van der Waals surface area contributed by atoms with E-state index < -0.39 is 28.5 Å². The highest BCUT2D eigenvalue weighted by molar-refractivity contribution is 7.92. The number of hydrogen-bond acceptors (Lipinski definition) is 4. The molecule has 3 rings (SSSR count). The minimum absolute atomic E-state index is 0.100. The van der Waals surface area contributed by atoms with Crippen LogP contribution in [0.4, 0.5) is 5.69 Å². The first-order chi connectivity index (χ1) is 17.0. The summed E-state index contributed by atoms with van der Waals surface area (Å²) in [6, 6.07) is 11.9. The minimum Gasteiger partial charge on any atom is -0.352 e. The molecule has 1 saturated carbocycles. The number of halogens is 1. The molecule has 9 heteroatoms. The van der Waals surface area contributed by atoms with Gasteiger partial charge >= 0.3 is 0 Å². The number of benzene rings is 2. The van der Waals surface area contributed by atoms with Crippen molar-refractivity contribution in [3.05, 3.63) is 64.2 Å². The number of amides is 2. The molecule has 0 unspecified atom stereocenters. The van der Waals surface area contributed by atoms with Crippen molar-refractivity contribution in [1.82, 2.24) is 10.2 Å². The average molecular weight is 534 g/mol. The second-order valence-corrected chi connectivity index (χ2v) is 12.0. The van der Waals surface area contributed by atoms with Gasteiger partial charge in [0.15, 0.2) is 0 Å². The normalized spacial score (nSPS) is 15.2. The van der Waals surface area contributed by atoms with Crippen LogP contribution in [0.5, 0.6) is 0 Å². The van der Waals surface area contributed by atoms with Gasteiger partial charge in [0.25, 0.3) is 0 Å². The van der Waals surface area contributed by atoms with Crippen molar-refractivity contribution >= 4 is 39.1 Å². The fourth-order valence-corrected chi connectivity index (χ4v) is 5.80. The molecular weight excluding hydrogens is 498 g/mol. The predicted octanol–water partition coefficient (Wildman–Crippen LogP) is 4.59. The maximum absolute atomic E-state index is 13.7. The van der Waals surface area contributed by atoms with Crippen LogP contribution >= 0.6 is 11.6 Å². The van der Waals surface area contributed by atoms with Crippen LogP contribution in [0.15, 0.2) is 42.5 Å². The number of carbonyl (C=O) groups is 2. The molecule has 0 aromatic heterocycles. The molecule has 7 nitrogen and oxygen atoms in total. The standard InChI is InChI=1S/C27H36ClN3O4S/c1-19-9-8-10-20(2)26(19)31(36(4,34)35)18-25(32)30(17-22-13-15-23(28)16-14-22)21(3)27(33)29-24-11-6-5-7-12-24/h8-10,13-16,21,24H,5-7,11-12,17-18H2,1-4H3,(H,29,33)/t21-/m1/s1. The quantitative estimate of drug-likeness (QED) is 0.511. The fraction of sp³-hybridized carbons (Fsp3) is 0.481. The fourth-order valence-electron chi connectivity index (χ4n) is 4.71. The van der Waals surface area contributed by atoms with Crippen molar-refractivity contribution in [3.63, 3.8) is 0 Å². The van der Waals surface area contributed by atoms with Gasteiger partial charge in [-0.3, -0.25) is 13.9 Å². The second kappa shape index (κ2) is 12.1. The van der Waals surface area contributed by atoms with Crippen molar-refractivity contribution in [3.8, 4) is 0 Å². The molecule has 196 valence electrons. The van der Waals surface area contributed by atoms with Gasteiger partial charge in [0.2, 0.25) is 21.8 Å². The lowest BCUT2D eigenvalue weighted by atomic mass is 9.95. The molecule has 1 N–H and O–H groups in total. The van der Waals surface area contributed by atoms with E-state index in [0.717, 1.165) is 52.9 Å². The Bertz CT molecular complexity index is 1160. The molecule has 2 aromatic rings. The summed E-state index contributed by atoms with van der Waals surface area (Å²) in [5, 5.41) is 3.66. The highest BCUT2D eigenvalue weighted by Crippen LogP contribution is 2.27. The Balaban J connectivity index is 1.90. The van der Waals surface area contributed by atoms with Crippen LogP contribution in [0, 0.1) is 13.8 Å². The van der Waals surface area contributed by atoms with Crippen LogP contribution < -0.4 is 9.62 Å². The summed E-state index contributed by atoms with van der Waals surface area (Å²) in [5.74, 6) is -0.688. The Labute approximate surface area is 219 Å². The third kappa shape index (κ3) is 7.23. The Morgan fingerprint density at radius 3 is 2.17 bits per heavy atom. The van der Waals surface area contributed by atoms with E-state index in [4.69, 9.17) is 11.6 Å². The zero-order valence-electron chi connectivity index (χ0n) is 21.5. The lowest BCUT2D eigenvalue weighted by Gasteiger charge is -2.33. The number of anilines is 1. The summed E-state index contributed by atoms with van der Waals surface area (Å²) in [7, 11) is -3.77. The van der Waals surface area contributed by atoms with E-state index in [-0.39, 0.29) is 18.5 Å². The maximum atomic E-state index is 13.7. The molecule has 0 spiro atoms.